The monoisotopic (exact) mass is 457 g/mol. The lowest BCUT2D eigenvalue weighted by Gasteiger charge is -2.37. The molecule has 8 nitrogen and oxygen atoms in total. The van der Waals surface area contributed by atoms with Crippen molar-refractivity contribution >= 4 is 28.8 Å². The Morgan fingerprint density at radius 3 is 2.56 bits per heavy atom. The van der Waals surface area contributed by atoms with Gasteiger partial charge in [-0.15, -0.1) is 0 Å². The minimum absolute atomic E-state index is 0.0813. The normalized spacial score (nSPS) is 20.1. The molecule has 0 radical (unpaired) electrons. The molecular formula is C23H27N3O5S. The first-order chi connectivity index (χ1) is 15.5. The Morgan fingerprint density at radius 2 is 1.91 bits per heavy atom. The second-order valence-corrected chi connectivity index (χ2v) is 8.57. The van der Waals surface area contributed by atoms with Crippen molar-refractivity contribution in [2.45, 2.75) is 32.2 Å². The van der Waals surface area contributed by atoms with Gasteiger partial charge in [-0.05, 0) is 31.2 Å². The zero-order valence-electron chi connectivity index (χ0n) is 18.7. The molecule has 1 saturated heterocycles. The molecule has 3 aliphatic rings. The summed E-state index contributed by atoms with van der Waals surface area (Å²) in [4.78, 5) is 34.3. The summed E-state index contributed by atoms with van der Waals surface area (Å²) in [5, 5.41) is 2.66. The Morgan fingerprint density at radius 1 is 1.16 bits per heavy atom. The summed E-state index contributed by atoms with van der Waals surface area (Å²) < 4.78 is 16.3. The number of likely N-dealkylation sites (tertiary alicyclic amines) is 1. The molecule has 0 bridgehead atoms. The summed E-state index contributed by atoms with van der Waals surface area (Å²) in [7, 11) is 4.50. The molecule has 3 aliphatic heterocycles. The van der Waals surface area contributed by atoms with E-state index in [4.69, 9.17) is 14.2 Å². The van der Waals surface area contributed by atoms with Gasteiger partial charge in [0.25, 0.3) is 0 Å². The number of hydrogen-bond donors (Lipinski definition) is 0. The molecule has 1 fully saturated rings. The second kappa shape index (κ2) is 9.28. The van der Waals surface area contributed by atoms with Crippen LogP contribution in [0.2, 0.25) is 0 Å². The van der Waals surface area contributed by atoms with Gasteiger partial charge in [-0.2, -0.15) is 0 Å². The topological polar surface area (TPSA) is 80.7 Å². The minimum Gasteiger partial charge on any atom is -0.493 e. The van der Waals surface area contributed by atoms with E-state index < -0.39 is 12.0 Å². The number of ether oxygens (including phenoxy) is 3. The highest BCUT2D eigenvalue weighted by molar-refractivity contribution is 8.16. The molecule has 0 aliphatic carbocycles. The average Bonchev–Trinajstić information content (AvgIpc) is 3.47. The second-order valence-electron chi connectivity index (χ2n) is 7.73. The van der Waals surface area contributed by atoms with Crippen molar-refractivity contribution < 1.29 is 23.8 Å². The highest BCUT2D eigenvalue weighted by Gasteiger charge is 2.42. The Hall–Kier alpha value is -2.94. The number of methoxy groups -OCH3 is 3. The minimum atomic E-state index is -0.562. The van der Waals surface area contributed by atoms with Gasteiger partial charge < -0.3 is 24.0 Å². The summed E-state index contributed by atoms with van der Waals surface area (Å²) in [6.45, 7) is 3.38. The molecule has 1 aromatic rings. The first kappa shape index (κ1) is 22.3. The van der Waals surface area contributed by atoms with Crippen LogP contribution in [0.4, 0.5) is 0 Å². The van der Waals surface area contributed by atoms with E-state index in [2.05, 4.69) is 4.99 Å². The van der Waals surface area contributed by atoms with Crippen LogP contribution in [0.1, 0.15) is 37.8 Å². The molecule has 0 aromatic heterocycles. The summed E-state index contributed by atoms with van der Waals surface area (Å²) in [5.41, 5.74) is 2.52. The fourth-order valence-electron chi connectivity index (χ4n) is 4.40. The number of amides is 1. The van der Waals surface area contributed by atoms with Crippen LogP contribution in [-0.4, -0.2) is 61.3 Å². The van der Waals surface area contributed by atoms with Gasteiger partial charge in [0.2, 0.25) is 5.91 Å². The molecule has 32 heavy (non-hydrogen) atoms. The number of para-hydroxylation sites is 1. The number of carbonyl (C=O) groups excluding carboxylic acids is 2. The Labute approximate surface area is 191 Å². The first-order valence-electron chi connectivity index (χ1n) is 10.5. The third-order valence-corrected chi connectivity index (χ3v) is 6.81. The van der Waals surface area contributed by atoms with E-state index in [1.807, 2.05) is 27.3 Å². The third-order valence-electron chi connectivity index (χ3n) is 5.93. The van der Waals surface area contributed by atoms with Gasteiger partial charge in [-0.1, -0.05) is 23.9 Å². The van der Waals surface area contributed by atoms with E-state index in [1.165, 1.54) is 18.9 Å². The molecule has 3 heterocycles. The molecule has 4 rings (SSSR count). The smallest absolute Gasteiger partial charge is 0.338 e. The average molecular weight is 458 g/mol. The lowest BCUT2D eigenvalue weighted by Crippen LogP contribution is -2.38. The largest absolute Gasteiger partial charge is 0.493 e. The van der Waals surface area contributed by atoms with Crippen LogP contribution < -0.4 is 9.47 Å². The maximum atomic E-state index is 12.9. The van der Waals surface area contributed by atoms with Crippen LogP contribution in [0.5, 0.6) is 11.5 Å². The van der Waals surface area contributed by atoms with Crippen LogP contribution in [0.15, 0.2) is 45.6 Å². The number of benzene rings is 1. The van der Waals surface area contributed by atoms with Gasteiger partial charge in [-0.25, -0.2) is 9.79 Å². The molecule has 1 amide bonds. The zero-order chi connectivity index (χ0) is 22.8. The van der Waals surface area contributed by atoms with Crippen LogP contribution >= 0.6 is 11.8 Å². The van der Waals surface area contributed by atoms with Crippen molar-refractivity contribution in [3.63, 3.8) is 0 Å². The van der Waals surface area contributed by atoms with Crippen molar-refractivity contribution in [3.8, 4) is 11.5 Å². The molecule has 1 atom stereocenters. The number of hydrogen-bond acceptors (Lipinski definition) is 8. The molecule has 170 valence electrons. The molecule has 0 saturated carbocycles. The van der Waals surface area contributed by atoms with Crippen molar-refractivity contribution in [2.75, 3.05) is 34.4 Å². The van der Waals surface area contributed by atoms with E-state index in [9.17, 15) is 9.59 Å². The maximum Gasteiger partial charge on any atom is 0.338 e. The third kappa shape index (κ3) is 3.85. The number of allylic oxidation sites excluding steroid dienone is 1. The summed E-state index contributed by atoms with van der Waals surface area (Å²) >= 11 is 1.45. The van der Waals surface area contributed by atoms with Gasteiger partial charge in [0, 0.05) is 24.4 Å². The van der Waals surface area contributed by atoms with Gasteiger partial charge in [0.1, 0.15) is 0 Å². The summed E-state index contributed by atoms with van der Waals surface area (Å²) in [6, 6.07) is 5.00. The Kier molecular flexibility index (Phi) is 6.45. The predicted octanol–water partition coefficient (Wildman–Crippen LogP) is 3.46. The Bertz CT molecular complexity index is 1030. The SMILES string of the molecule is COC(=O)C1=C(C)N=C2SC=C(CC(=O)N3CCCC3)N2C1c1cccc(OC)c1OC. The quantitative estimate of drug-likeness (QED) is 0.605. The Balaban J connectivity index is 1.80. The maximum absolute atomic E-state index is 12.9. The van der Waals surface area contributed by atoms with E-state index in [-0.39, 0.29) is 12.3 Å². The van der Waals surface area contributed by atoms with Crippen LogP contribution in [-0.2, 0) is 14.3 Å². The lowest BCUT2D eigenvalue weighted by atomic mass is 9.92. The summed E-state index contributed by atoms with van der Waals surface area (Å²) in [5.74, 6) is 0.694. The molecular weight excluding hydrogens is 430 g/mol. The number of fused-ring (bicyclic) bond motifs is 1. The van der Waals surface area contributed by atoms with Gasteiger partial charge in [-0.3, -0.25) is 4.79 Å². The van der Waals surface area contributed by atoms with Crippen molar-refractivity contribution in [3.05, 3.63) is 46.1 Å². The van der Waals surface area contributed by atoms with Gasteiger partial charge >= 0.3 is 5.97 Å². The molecule has 1 aromatic carbocycles. The fraction of sp³-hybridized carbons (Fsp3) is 0.435. The number of esters is 1. The standard InChI is InChI=1S/C23H27N3O5S/c1-14-19(22(28)31-4)20(16-8-7-9-17(29-2)21(16)30-3)26-15(13-32-23(26)24-14)12-18(27)25-10-5-6-11-25/h7-9,13,20H,5-6,10-12H2,1-4H3. The van der Waals surface area contributed by atoms with Crippen LogP contribution in [0.3, 0.4) is 0 Å². The van der Waals surface area contributed by atoms with Crippen molar-refractivity contribution in [2.24, 2.45) is 4.99 Å². The van der Waals surface area contributed by atoms with Crippen LogP contribution in [0, 0.1) is 0 Å². The number of nitrogens with zero attached hydrogens (tertiary/aromatic N) is 3. The van der Waals surface area contributed by atoms with E-state index in [0.29, 0.717) is 27.9 Å². The van der Waals surface area contributed by atoms with Crippen molar-refractivity contribution in [1.29, 1.82) is 0 Å². The highest BCUT2D eigenvalue weighted by Crippen LogP contribution is 2.48. The van der Waals surface area contributed by atoms with Crippen LogP contribution in [0.25, 0.3) is 0 Å². The molecule has 0 spiro atoms. The zero-order valence-corrected chi connectivity index (χ0v) is 19.5. The number of carbonyl (C=O) groups is 2. The van der Waals surface area contributed by atoms with E-state index >= 15 is 0 Å². The fourth-order valence-corrected chi connectivity index (χ4v) is 5.36. The van der Waals surface area contributed by atoms with Gasteiger partial charge in [0.15, 0.2) is 16.7 Å². The molecule has 1 unspecified atom stereocenters. The first-order valence-corrected chi connectivity index (χ1v) is 11.4. The van der Waals surface area contributed by atoms with Crippen molar-refractivity contribution in [1.82, 2.24) is 9.80 Å². The van der Waals surface area contributed by atoms with Gasteiger partial charge in [0.05, 0.1) is 45.1 Å². The molecule has 0 N–H and O–H groups in total. The summed E-state index contributed by atoms with van der Waals surface area (Å²) in [6.07, 6.45) is 2.31. The highest BCUT2D eigenvalue weighted by atomic mass is 32.2. The number of amidine groups is 1. The van der Waals surface area contributed by atoms with E-state index in [0.717, 1.165) is 37.2 Å². The number of thioether (sulfide) groups is 1. The number of aliphatic imine (C=N–C) groups is 1. The predicted molar refractivity (Wildman–Crippen MR) is 122 cm³/mol. The lowest BCUT2D eigenvalue weighted by molar-refractivity contribution is -0.136. The molecule has 9 heteroatoms. The number of rotatable bonds is 6. The van der Waals surface area contributed by atoms with E-state index in [1.54, 1.807) is 27.2 Å².